The monoisotopic (exact) mass is 323 g/mol. The first-order chi connectivity index (χ1) is 11.7. The van der Waals surface area contributed by atoms with Crippen molar-refractivity contribution in [2.45, 2.75) is 40.2 Å². The van der Waals surface area contributed by atoms with Gasteiger partial charge >= 0.3 is 0 Å². The summed E-state index contributed by atoms with van der Waals surface area (Å²) in [6, 6.07) is 8.26. The summed E-state index contributed by atoms with van der Waals surface area (Å²) in [7, 11) is 0. The molecule has 1 aromatic carbocycles. The lowest BCUT2D eigenvalue weighted by atomic mass is 10.2. The summed E-state index contributed by atoms with van der Waals surface area (Å²) in [4.78, 5) is 19.4. The fourth-order valence-corrected chi connectivity index (χ4v) is 2.89. The molecule has 0 aliphatic rings. The van der Waals surface area contributed by atoms with E-state index in [1.54, 1.807) is 0 Å². The lowest BCUT2D eigenvalue weighted by Crippen LogP contribution is -2.26. The molecule has 0 aliphatic carbocycles. The molecule has 24 heavy (non-hydrogen) atoms. The van der Waals surface area contributed by atoms with Gasteiger partial charge < -0.3 is 4.98 Å². The molecule has 3 rings (SSSR count). The summed E-state index contributed by atoms with van der Waals surface area (Å²) < 4.78 is 0. The van der Waals surface area contributed by atoms with Crippen molar-refractivity contribution in [3.8, 4) is 0 Å². The number of fused-ring (bicyclic) bond motifs is 1. The van der Waals surface area contributed by atoms with E-state index in [9.17, 15) is 0 Å². The van der Waals surface area contributed by atoms with Gasteiger partial charge in [0.05, 0.1) is 16.7 Å². The predicted octanol–water partition coefficient (Wildman–Crippen LogP) is 3.29. The number of imidazole rings is 1. The normalized spacial score (nSPS) is 11.5. The number of para-hydroxylation sites is 1. The Balaban J connectivity index is 1.65. The van der Waals surface area contributed by atoms with Crippen LogP contribution in [0.5, 0.6) is 0 Å². The lowest BCUT2D eigenvalue weighted by molar-refractivity contribution is 0.278. The Bertz CT molecular complexity index is 808. The fourth-order valence-electron chi connectivity index (χ4n) is 2.89. The fraction of sp³-hybridized carbons (Fsp3) is 0.421. The molecule has 0 saturated carbocycles. The van der Waals surface area contributed by atoms with Crippen molar-refractivity contribution in [3.05, 3.63) is 53.4 Å². The molecule has 5 nitrogen and oxygen atoms in total. The summed E-state index contributed by atoms with van der Waals surface area (Å²) in [5, 5.41) is 0. The van der Waals surface area contributed by atoms with E-state index in [0.717, 1.165) is 60.9 Å². The second-order valence-electron chi connectivity index (χ2n) is 6.09. The van der Waals surface area contributed by atoms with Crippen LogP contribution in [0.15, 0.2) is 30.5 Å². The van der Waals surface area contributed by atoms with E-state index in [1.165, 1.54) is 5.56 Å². The van der Waals surface area contributed by atoms with Crippen LogP contribution < -0.4 is 0 Å². The highest BCUT2D eigenvalue weighted by atomic mass is 15.1. The zero-order valence-electron chi connectivity index (χ0n) is 14.7. The summed E-state index contributed by atoms with van der Waals surface area (Å²) in [5.41, 5.74) is 4.51. The van der Waals surface area contributed by atoms with Crippen LogP contribution in [0.4, 0.5) is 0 Å². The molecule has 3 aromatic rings. The van der Waals surface area contributed by atoms with Crippen molar-refractivity contribution < 1.29 is 0 Å². The number of nitrogens with one attached hydrogen (secondary N) is 1. The average Bonchev–Trinajstić information content (AvgIpc) is 3.03. The van der Waals surface area contributed by atoms with Gasteiger partial charge in [-0.15, -0.1) is 0 Å². The first-order valence-electron chi connectivity index (χ1n) is 8.67. The number of benzene rings is 1. The topological polar surface area (TPSA) is 57.7 Å². The van der Waals surface area contributed by atoms with Gasteiger partial charge in [-0.25, -0.2) is 15.0 Å². The third-order valence-electron chi connectivity index (χ3n) is 4.34. The molecule has 0 atom stereocenters. The van der Waals surface area contributed by atoms with E-state index < -0.39 is 0 Å². The molecule has 2 aromatic heterocycles. The van der Waals surface area contributed by atoms with Crippen LogP contribution in [-0.4, -0.2) is 37.9 Å². The summed E-state index contributed by atoms with van der Waals surface area (Å²) in [6.07, 6.45) is 3.64. The maximum atomic E-state index is 4.75. The van der Waals surface area contributed by atoms with Crippen LogP contribution in [0.2, 0.25) is 0 Å². The first kappa shape index (κ1) is 16.6. The van der Waals surface area contributed by atoms with Gasteiger partial charge in [-0.3, -0.25) is 4.90 Å². The van der Waals surface area contributed by atoms with Crippen LogP contribution in [0.1, 0.15) is 36.8 Å². The molecular weight excluding hydrogens is 298 g/mol. The molecule has 126 valence electrons. The number of hydrogen-bond acceptors (Lipinski definition) is 4. The SMILES string of the molecule is CCc1nccc(CN(CC)CCc2nc3c(C)cccc3[nH]2)n1. The third-order valence-corrected chi connectivity index (χ3v) is 4.34. The minimum Gasteiger partial charge on any atom is -0.342 e. The molecule has 0 unspecified atom stereocenters. The molecule has 0 amide bonds. The van der Waals surface area contributed by atoms with Gasteiger partial charge in [-0.05, 0) is 31.2 Å². The number of aromatic nitrogens is 4. The molecule has 2 heterocycles. The summed E-state index contributed by atoms with van der Waals surface area (Å²) in [5.74, 6) is 1.96. The van der Waals surface area contributed by atoms with E-state index >= 15 is 0 Å². The molecular formula is C19H25N5. The number of rotatable bonds is 7. The van der Waals surface area contributed by atoms with Gasteiger partial charge in [-0.2, -0.15) is 0 Å². The van der Waals surface area contributed by atoms with Crippen LogP contribution >= 0.6 is 0 Å². The van der Waals surface area contributed by atoms with E-state index in [1.807, 2.05) is 12.3 Å². The molecule has 5 heteroatoms. The Morgan fingerprint density at radius 2 is 2.00 bits per heavy atom. The highest BCUT2D eigenvalue weighted by Gasteiger charge is 2.09. The zero-order valence-corrected chi connectivity index (χ0v) is 14.7. The van der Waals surface area contributed by atoms with Crippen molar-refractivity contribution in [3.63, 3.8) is 0 Å². The lowest BCUT2D eigenvalue weighted by Gasteiger charge is -2.19. The number of likely N-dealkylation sites (N-methyl/N-ethyl adjacent to an activating group) is 1. The van der Waals surface area contributed by atoms with Gasteiger partial charge in [0.1, 0.15) is 11.6 Å². The Morgan fingerprint density at radius 3 is 2.75 bits per heavy atom. The first-order valence-corrected chi connectivity index (χ1v) is 8.67. The number of nitrogens with zero attached hydrogens (tertiary/aromatic N) is 4. The van der Waals surface area contributed by atoms with Gasteiger partial charge in [0.25, 0.3) is 0 Å². The standard InChI is InChI=1S/C19H25N5/c1-4-17-20-11-9-15(21-17)13-24(5-2)12-10-18-22-16-8-6-7-14(3)19(16)23-18/h6-9,11H,4-5,10,12-13H2,1-3H3,(H,22,23). The average molecular weight is 323 g/mol. The van der Waals surface area contributed by atoms with Crippen LogP contribution in [0, 0.1) is 6.92 Å². The van der Waals surface area contributed by atoms with Crippen molar-refractivity contribution in [2.75, 3.05) is 13.1 Å². The zero-order chi connectivity index (χ0) is 16.9. The van der Waals surface area contributed by atoms with Crippen molar-refractivity contribution in [1.82, 2.24) is 24.8 Å². The Kier molecular flexibility index (Phi) is 5.20. The van der Waals surface area contributed by atoms with E-state index in [0.29, 0.717) is 0 Å². The van der Waals surface area contributed by atoms with Gasteiger partial charge in [0.2, 0.25) is 0 Å². The van der Waals surface area contributed by atoms with Gasteiger partial charge in [-0.1, -0.05) is 26.0 Å². The second-order valence-corrected chi connectivity index (χ2v) is 6.09. The molecule has 1 N–H and O–H groups in total. The Hall–Kier alpha value is -2.27. The quantitative estimate of drug-likeness (QED) is 0.725. The Labute approximate surface area is 143 Å². The minimum atomic E-state index is 0.852. The summed E-state index contributed by atoms with van der Waals surface area (Å²) >= 11 is 0. The highest BCUT2D eigenvalue weighted by Crippen LogP contribution is 2.16. The minimum absolute atomic E-state index is 0.852. The molecule has 0 spiro atoms. The maximum absolute atomic E-state index is 4.75. The smallest absolute Gasteiger partial charge is 0.128 e. The van der Waals surface area contributed by atoms with Crippen molar-refractivity contribution in [1.29, 1.82) is 0 Å². The molecule has 0 radical (unpaired) electrons. The number of hydrogen-bond donors (Lipinski definition) is 1. The van der Waals surface area contributed by atoms with E-state index in [-0.39, 0.29) is 0 Å². The van der Waals surface area contributed by atoms with Crippen LogP contribution in [0.3, 0.4) is 0 Å². The van der Waals surface area contributed by atoms with Crippen molar-refractivity contribution in [2.24, 2.45) is 0 Å². The molecule has 0 saturated heterocycles. The van der Waals surface area contributed by atoms with Crippen LogP contribution in [-0.2, 0) is 19.4 Å². The third kappa shape index (κ3) is 3.79. The van der Waals surface area contributed by atoms with E-state index in [2.05, 4.69) is 58.8 Å². The van der Waals surface area contributed by atoms with Gasteiger partial charge in [0, 0.05) is 32.1 Å². The number of H-pyrrole nitrogens is 1. The second kappa shape index (κ2) is 7.53. The largest absolute Gasteiger partial charge is 0.342 e. The molecule has 0 aliphatic heterocycles. The molecule has 0 bridgehead atoms. The number of aromatic amines is 1. The number of aryl methyl sites for hydroxylation is 2. The summed E-state index contributed by atoms with van der Waals surface area (Å²) in [6.45, 7) is 9.17. The maximum Gasteiger partial charge on any atom is 0.128 e. The van der Waals surface area contributed by atoms with Gasteiger partial charge in [0.15, 0.2) is 0 Å². The van der Waals surface area contributed by atoms with Crippen molar-refractivity contribution >= 4 is 11.0 Å². The Morgan fingerprint density at radius 1 is 1.12 bits per heavy atom. The van der Waals surface area contributed by atoms with E-state index in [4.69, 9.17) is 4.98 Å². The predicted molar refractivity (Wildman–Crippen MR) is 96.9 cm³/mol. The molecule has 0 fully saturated rings. The highest BCUT2D eigenvalue weighted by molar-refractivity contribution is 5.78. The van der Waals surface area contributed by atoms with Crippen LogP contribution in [0.25, 0.3) is 11.0 Å².